The molecule has 0 radical (unpaired) electrons. The van der Waals surface area contributed by atoms with Gasteiger partial charge in [0.05, 0.1) is 16.8 Å². The molecular formula is C19H13FN2O3. The van der Waals surface area contributed by atoms with Crippen molar-refractivity contribution >= 4 is 11.7 Å². The van der Waals surface area contributed by atoms with Crippen molar-refractivity contribution in [3.63, 3.8) is 0 Å². The lowest BCUT2D eigenvalue weighted by molar-refractivity contribution is 0.0995. The Morgan fingerprint density at radius 3 is 2.28 bits per heavy atom. The van der Waals surface area contributed by atoms with Crippen molar-refractivity contribution in [2.75, 3.05) is 0 Å². The number of hydrogen-bond acceptors (Lipinski definition) is 3. The van der Waals surface area contributed by atoms with Gasteiger partial charge in [0, 0.05) is 11.8 Å². The molecule has 1 amide bonds. The van der Waals surface area contributed by atoms with Crippen molar-refractivity contribution in [3.05, 3.63) is 99.7 Å². The van der Waals surface area contributed by atoms with Crippen LogP contribution < -0.4 is 11.3 Å². The summed E-state index contributed by atoms with van der Waals surface area (Å²) in [5.41, 5.74) is 4.76. The van der Waals surface area contributed by atoms with Gasteiger partial charge >= 0.3 is 0 Å². The quantitative estimate of drug-likeness (QED) is 0.742. The Hall–Kier alpha value is -3.54. The smallest absolute Gasteiger partial charge is 0.266 e. The molecule has 3 rings (SSSR count). The number of rotatable bonds is 4. The van der Waals surface area contributed by atoms with E-state index >= 15 is 0 Å². The first kappa shape index (κ1) is 16.3. The number of hydrogen-bond donors (Lipinski definition) is 1. The summed E-state index contributed by atoms with van der Waals surface area (Å²) in [6, 6.07) is 15.0. The molecule has 0 spiro atoms. The van der Waals surface area contributed by atoms with E-state index in [2.05, 4.69) is 0 Å². The Balaban J connectivity index is 2.08. The van der Waals surface area contributed by atoms with Crippen molar-refractivity contribution in [1.29, 1.82) is 0 Å². The number of nitrogens with zero attached hydrogens (tertiary/aromatic N) is 1. The van der Waals surface area contributed by atoms with Crippen LogP contribution in [0.2, 0.25) is 0 Å². The van der Waals surface area contributed by atoms with Crippen LogP contribution >= 0.6 is 0 Å². The van der Waals surface area contributed by atoms with Crippen LogP contribution in [-0.4, -0.2) is 16.3 Å². The second-order valence-corrected chi connectivity index (χ2v) is 5.32. The Kier molecular flexibility index (Phi) is 4.26. The maximum Gasteiger partial charge on any atom is 0.266 e. The molecule has 1 heterocycles. The van der Waals surface area contributed by atoms with Crippen LogP contribution in [0.25, 0.3) is 5.69 Å². The SMILES string of the molecule is NC(=O)c1ccc(-n2cccc(C(=O)c3ccccc3)c2=O)cc1F. The third kappa shape index (κ3) is 3.10. The Labute approximate surface area is 142 Å². The Bertz CT molecular complexity index is 1030. The van der Waals surface area contributed by atoms with Gasteiger partial charge in [0.15, 0.2) is 5.78 Å². The van der Waals surface area contributed by atoms with Gasteiger partial charge in [0.25, 0.3) is 11.5 Å². The summed E-state index contributed by atoms with van der Waals surface area (Å²) in [4.78, 5) is 36.3. The molecule has 3 aromatic rings. The number of ketones is 1. The zero-order valence-electron chi connectivity index (χ0n) is 13.0. The van der Waals surface area contributed by atoms with Gasteiger partial charge in [-0.3, -0.25) is 19.0 Å². The summed E-state index contributed by atoms with van der Waals surface area (Å²) >= 11 is 0. The minimum Gasteiger partial charge on any atom is -0.366 e. The normalized spacial score (nSPS) is 10.4. The highest BCUT2D eigenvalue weighted by molar-refractivity contribution is 6.08. The number of nitrogens with two attached hydrogens (primary N) is 1. The van der Waals surface area contributed by atoms with E-state index in [1.165, 1.54) is 30.5 Å². The van der Waals surface area contributed by atoms with E-state index in [1.807, 2.05) is 0 Å². The minimum absolute atomic E-state index is 0.0342. The molecule has 0 atom stereocenters. The van der Waals surface area contributed by atoms with Gasteiger partial charge in [-0.2, -0.15) is 0 Å². The molecule has 0 saturated heterocycles. The number of amides is 1. The average molecular weight is 336 g/mol. The molecule has 0 saturated carbocycles. The molecule has 1 aromatic heterocycles. The summed E-state index contributed by atoms with van der Waals surface area (Å²) in [5.74, 6) is -2.16. The lowest BCUT2D eigenvalue weighted by Gasteiger charge is -2.09. The maximum atomic E-state index is 14.0. The predicted octanol–water partition coefficient (Wildman–Crippen LogP) is 2.31. The topological polar surface area (TPSA) is 82.2 Å². The zero-order chi connectivity index (χ0) is 18.0. The first-order valence-electron chi connectivity index (χ1n) is 7.40. The number of benzene rings is 2. The van der Waals surface area contributed by atoms with Gasteiger partial charge in [-0.15, -0.1) is 0 Å². The third-order valence-electron chi connectivity index (χ3n) is 3.72. The van der Waals surface area contributed by atoms with Gasteiger partial charge in [0.2, 0.25) is 0 Å². The van der Waals surface area contributed by atoms with Crippen molar-refractivity contribution in [1.82, 2.24) is 4.57 Å². The molecule has 124 valence electrons. The van der Waals surface area contributed by atoms with Gasteiger partial charge in [-0.25, -0.2) is 4.39 Å². The van der Waals surface area contributed by atoms with Crippen molar-refractivity contribution in [2.24, 2.45) is 5.73 Å². The van der Waals surface area contributed by atoms with Gasteiger partial charge in [-0.1, -0.05) is 30.3 Å². The second kappa shape index (κ2) is 6.52. The minimum atomic E-state index is -0.899. The Morgan fingerprint density at radius 1 is 0.920 bits per heavy atom. The van der Waals surface area contributed by atoms with E-state index in [-0.39, 0.29) is 16.8 Å². The zero-order valence-corrected chi connectivity index (χ0v) is 13.0. The molecule has 6 heteroatoms. The number of primary amides is 1. The summed E-state index contributed by atoms with van der Waals surface area (Å²) < 4.78 is 15.1. The highest BCUT2D eigenvalue weighted by Crippen LogP contribution is 2.14. The molecule has 0 aliphatic rings. The van der Waals surface area contributed by atoms with Crippen LogP contribution in [0.1, 0.15) is 26.3 Å². The number of carbonyl (C=O) groups excluding carboxylic acids is 2. The molecule has 0 fully saturated rings. The molecule has 0 bridgehead atoms. The second-order valence-electron chi connectivity index (χ2n) is 5.32. The highest BCUT2D eigenvalue weighted by atomic mass is 19.1. The predicted molar refractivity (Wildman–Crippen MR) is 90.4 cm³/mol. The third-order valence-corrected chi connectivity index (χ3v) is 3.72. The number of halogens is 1. The number of aromatic nitrogens is 1. The number of pyridine rings is 1. The van der Waals surface area contributed by atoms with Crippen LogP contribution in [0, 0.1) is 5.82 Å². The van der Waals surface area contributed by atoms with Crippen LogP contribution in [0.5, 0.6) is 0 Å². The van der Waals surface area contributed by atoms with E-state index in [1.54, 1.807) is 30.3 Å². The molecule has 0 unspecified atom stereocenters. The standard InChI is InChI=1S/C19H13FN2O3/c20-16-11-13(8-9-14(16)18(21)24)22-10-4-7-15(19(22)25)17(23)12-5-2-1-3-6-12/h1-11H,(H2,21,24). The van der Waals surface area contributed by atoms with Crippen molar-refractivity contribution in [3.8, 4) is 5.69 Å². The van der Waals surface area contributed by atoms with E-state index in [4.69, 9.17) is 5.73 Å². The average Bonchev–Trinajstić information content (AvgIpc) is 2.61. The van der Waals surface area contributed by atoms with E-state index in [9.17, 15) is 18.8 Å². The summed E-state index contributed by atoms with van der Waals surface area (Å²) in [6.07, 6.45) is 1.42. The van der Waals surface area contributed by atoms with Crippen LogP contribution in [0.4, 0.5) is 4.39 Å². The first-order chi connectivity index (χ1) is 12.0. The van der Waals surface area contributed by atoms with Crippen LogP contribution in [-0.2, 0) is 0 Å². The van der Waals surface area contributed by atoms with Gasteiger partial charge in [0.1, 0.15) is 5.82 Å². The largest absolute Gasteiger partial charge is 0.366 e. The number of carbonyl (C=O) groups is 2. The summed E-state index contributed by atoms with van der Waals surface area (Å²) in [5, 5.41) is 0. The highest BCUT2D eigenvalue weighted by Gasteiger charge is 2.16. The monoisotopic (exact) mass is 336 g/mol. The molecule has 5 nitrogen and oxygen atoms in total. The van der Waals surface area contributed by atoms with E-state index in [0.717, 1.165) is 10.6 Å². The fourth-order valence-electron chi connectivity index (χ4n) is 2.47. The lowest BCUT2D eigenvalue weighted by Crippen LogP contribution is -2.25. The molecule has 25 heavy (non-hydrogen) atoms. The van der Waals surface area contributed by atoms with E-state index < -0.39 is 23.1 Å². The van der Waals surface area contributed by atoms with Crippen molar-refractivity contribution < 1.29 is 14.0 Å². The fraction of sp³-hybridized carbons (Fsp3) is 0. The molecular weight excluding hydrogens is 323 g/mol. The first-order valence-corrected chi connectivity index (χ1v) is 7.40. The lowest BCUT2D eigenvalue weighted by atomic mass is 10.0. The molecule has 0 aliphatic heterocycles. The van der Waals surface area contributed by atoms with Gasteiger partial charge in [-0.05, 0) is 30.3 Å². The Morgan fingerprint density at radius 2 is 1.64 bits per heavy atom. The maximum absolute atomic E-state index is 14.0. The fourth-order valence-corrected chi connectivity index (χ4v) is 2.47. The molecule has 2 N–H and O–H groups in total. The van der Waals surface area contributed by atoms with Crippen LogP contribution in [0.15, 0.2) is 71.7 Å². The molecule has 2 aromatic carbocycles. The molecule has 0 aliphatic carbocycles. The van der Waals surface area contributed by atoms with Gasteiger partial charge < -0.3 is 5.73 Å². The van der Waals surface area contributed by atoms with Crippen LogP contribution in [0.3, 0.4) is 0 Å². The van der Waals surface area contributed by atoms with Crippen molar-refractivity contribution in [2.45, 2.75) is 0 Å². The van der Waals surface area contributed by atoms with E-state index in [0.29, 0.717) is 5.56 Å². The summed E-state index contributed by atoms with van der Waals surface area (Å²) in [7, 11) is 0. The summed E-state index contributed by atoms with van der Waals surface area (Å²) in [6.45, 7) is 0.